The van der Waals surface area contributed by atoms with Crippen molar-refractivity contribution in [3.8, 4) is 22.6 Å². The molecule has 318 valence electrons. The monoisotopic (exact) mass is 838 g/mol. The standard InChI is InChI=1S/C45H44F2N4O10/c1-25-22-49(39-36(47)21-33-38(41(39)58-3)51(30-12-13-30)23-34(40(33)52)42(53)54)17-18-50(25)45(57)60-24-59-44(56)37(48)19-27-9-14-31(15-10-27)61-43(55)26(2)29-11-16-32(35(46)20-29)28-7-5-4-6-8-28/h4-11,14-16,20-21,23,25-26,30,37H,12-13,17-19,22,24,48H2,1-3H3,(H,53,54). The van der Waals surface area contributed by atoms with Gasteiger partial charge in [0.2, 0.25) is 12.2 Å². The van der Waals surface area contributed by atoms with Crippen LogP contribution in [0, 0.1) is 11.6 Å². The largest absolute Gasteiger partial charge is 0.492 e. The Balaban J connectivity index is 0.891. The van der Waals surface area contributed by atoms with Crippen LogP contribution in [0.25, 0.3) is 22.0 Å². The van der Waals surface area contributed by atoms with E-state index in [1.807, 2.05) is 18.2 Å². The van der Waals surface area contributed by atoms with Crippen LogP contribution >= 0.6 is 0 Å². The van der Waals surface area contributed by atoms with Crippen molar-refractivity contribution in [2.75, 3.05) is 38.4 Å². The van der Waals surface area contributed by atoms with Crippen LogP contribution in [0.1, 0.15) is 60.1 Å². The van der Waals surface area contributed by atoms with Gasteiger partial charge in [0.15, 0.2) is 11.6 Å². The summed E-state index contributed by atoms with van der Waals surface area (Å²) in [4.78, 5) is 66.6. The van der Waals surface area contributed by atoms with Gasteiger partial charge < -0.3 is 44.2 Å². The normalized spacial score (nSPS) is 16.1. The molecule has 0 bridgehead atoms. The molecular weight excluding hydrogens is 795 g/mol. The number of hydrogen-bond acceptors (Lipinski definition) is 11. The van der Waals surface area contributed by atoms with Crippen molar-refractivity contribution < 1.29 is 52.0 Å². The van der Waals surface area contributed by atoms with Crippen molar-refractivity contribution in [3.05, 3.63) is 124 Å². The third-order valence-electron chi connectivity index (χ3n) is 11.0. The van der Waals surface area contributed by atoms with E-state index < -0.39 is 71.4 Å². The second kappa shape index (κ2) is 17.8. The van der Waals surface area contributed by atoms with E-state index in [1.165, 1.54) is 24.3 Å². The topological polar surface area (TPSA) is 180 Å². The summed E-state index contributed by atoms with van der Waals surface area (Å²) in [5.74, 6) is -4.44. The number of anilines is 1. The average molecular weight is 839 g/mol. The molecule has 0 spiro atoms. The van der Waals surface area contributed by atoms with Crippen LogP contribution in [0.15, 0.2) is 89.9 Å². The number of rotatable bonds is 13. The van der Waals surface area contributed by atoms with Crippen LogP contribution in [0.2, 0.25) is 0 Å². The van der Waals surface area contributed by atoms with Crippen LogP contribution < -0.4 is 25.5 Å². The molecule has 1 saturated carbocycles. The van der Waals surface area contributed by atoms with Crippen molar-refractivity contribution in [3.63, 3.8) is 0 Å². The molecule has 1 aliphatic heterocycles. The fraction of sp³-hybridized carbons (Fsp3) is 0.311. The number of fused-ring (bicyclic) bond motifs is 1. The number of carbonyl (C=O) groups excluding carboxylic acids is 3. The summed E-state index contributed by atoms with van der Waals surface area (Å²) in [5, 5.41) is 9.52. The van der Waals surface area contributed by atoms with Gasteiger partial charge in [0.05, 0.1) is 23.9 Å². The van der Waals surface area contributed by atoms with E-state index in [0.29, 0.717) is 22.2 Å². The van der Waals surface area contributed by atoms with Crippen molar-refractivity contribution in [1.82, 2.24) is 9.47 Å². The molecule has 7 rings (SSSR count). The number of amides is 1. The summed E-state index contributed by atoms with van der Waals surface area (Å²) >= 11 is 0. The number of methoxy groups -OCH3 is 1. The van der Waals surface area contributed by atoms with Crippen LogP contribution in [0.4, 0.5) is 19.3 Å². The molecule has 3 unspecified atom stereocenters. The van der Waals surface area contributed by atoms with Gasteiger partial charge in [0.1, 0.15) is 28.9 Å². The van der Waals surface area contributed by atoms with Gasteiger partial charge in [-0.25, -0.2) is 18.4 Å². The molecule has 16 heteroatoms. The lowest BCUT2D eigenvalue weighted by Crippen LogP contribution is -2.54. The highest BCUT2D eigenvalue weighted by molar-refractivity contribution is 5.97. The second-order valence-corrected chi connectivity index (χ2v) is 15.1. The SMILES string of the molecule is COc1c(N2CCN(C(=O)OCOC(=O)C(N)Cc3ccc(OC(=O)C(C)c4ccc(-c5ccccc5)c(F)c4)cc3)C(C)C2)c(F)cc2c(=O)c(C(=O)O)cn(C3CC3)c12. The van der Waals surface area contributed by atoms with E-state index in [-0.39, 0.29) is 54.7 Å². The predicted molar refractivity (Wildman–Crippen MR) is 220 cm³/mol. The summed E-state index contributed by atoms with van der Waals surface area (Å²) in [5.41, 5.74) is 7.45. The van der Waals surface area contributed by atoms with Gasteiger partial charge in [-0.15, -0.1) is 0 Å². The molecule has 2 fully saturated rings. The second-order valence-electron chi connectivity index (χ2n) is 15.1. The lowest BCUT2D eigenvalue weighted by Gasteiger charge is -2.40. The number of pyridine rings is 1. The number of carbonyl (C=O) groups is 4. The van der Waals surface area contributed by atoms with Crippen molar-refractivity contribution in [2.24, 2.45) is 5.73 Å². The Morgan fingerprint density at radius 1 is 0.918 bits per heavy atom. The molecule has 61 heavy (non-hydrogen) atoms. The van der Waals surface area contributed by atoms with E-state index in [9.17, 15) is 33.5 Å². The predicted octanol–water partition coefficient (Wildman–Crippen LogP) is 6.42. The first-order valence-corrected chi connectivity index (χ1v) is 19.7. The third-order valence-corrected chi connectivity index (χ3v) is 11.0. The minimum absolute atomic E-state index is 0.0615. The Bertz CT molecular complexity index is 2550. The molecule has 3 atom stereocenters. The maximum atomic E-state index is 15.8. The molecule has 1 aliphatic carbocycles. The first-order chi connectivity index (χ1) is 29.2. The molecule has 1 amide bonds. The Hall–Kier alpha value is -6.81. The number of aromatic carboxylic acids is 1. The van der Waals surface area contributed by atoms with Gasteiger partial charge in [-0.05, 0) is 74.1 Å². The van der Waals surface area contributed by atoms with Crippen LogP contribution in [-0.4, -0.2) is 84.2 Å². The Kier molecular flexibility index (Phi) is 12.4. The number of carboxylic acids is 1. The first kappa shape index (κ1) is 42.3. The number of benzene rings is 4. The molecule has 5 aromatic rings. The number of aromatic nitrogens is 1. The number of piperazine rings is 1. The molecule has 1 aromatic heterocycles. The molecule has 2 aliphatic rings. The highest BCUT2D eigenvalue weighted by atomic mass is 19.1. The summed E-state index contributed by atoms with van der Waals surface area (Å²) in [6.45, 7) is 3.07. The highest BCUT2D eigenvalue weighted by Gasteiger charge is 2.35. The maximum absolute atomic E-state index is 15.8. The Morgan fingerprint density at radius 3 is 2.28 bits per heavy atom. The summed E-state index contributed by atoms with van der Waals surface area (Å²) in [7, 11) is 1.35. The van der Waals surface area contributed by atoms with Gasteiger partial charge in [-0.2, -0.15) is 0 Å². The average Bonchev–Trinajstić information content (AvgIpc) is 4.10. The molecule has 4 aromatic carbocycles. The minimum Gasteiger partial charge on any atom is -0.492 e. The minimum atomic E-state index is -1.40. The maximum Gasteiger partial charge on any atom is 0.413 e. The van der Waals surface area contributed by atoms with E-state index in [4.69, 9.17) is 24.7 Å². The van der Waals surface area contributed by atoms with Crippen molar-refractivity contribution in [1.29, 1.82) is 0 Å². The quantitative estimate of drug-likeness (QED) is 0.0757. The van der Waals surface area contributed by atoms with Crippen molar-refractivity contribution in [2.45, 2.75) is 57.2 Å². The van der Waals surface area contributed by atoms with Gasteiger partial charge in [0.25, 0.3) is 0 Å². The van der Waals surface area contributed by atoms with Crippen LogP contribution in [-0.2, 0) is 25.5 Å². The number of hydrogen-bond donors (Lipinski definition) is 2. The third kappa shape index (κ3) is 9.04. The number of ether oxygens (including phenoxy) is 4. The fourth-order valence-corrected chi connectivity index (χ4v) is 7.51. The number of esters is 2. The lowest BCUT2D eigenvalue weighted by molar-refractivity contribution is -0.154. The number of nitrogens with zero attached hydrogens (tertiary/aromatic N) is 3. The molecule has 14 nitrogen and oxygen atoms in total. The molecule has 3 N–H and O–H groups in total. The van der Waals surface area contributed by atoms with Crippen LogP contribution in [0.5, 0.6) is 11.5 Å². The smallest absolute Gasteiger partial charge is 0.413 e. The zero-order chi connectivity index (χ0) is 43.5. The number of halogens is 2. The van der Waals surface area contributed by atoms with Gasteiger partial charge >= 0.3 is 24.0 Å². The van der Waals surface area contributed by atoms with E-state index in [0.717, 1.165) is 24.5 Å². The highest BCUT2D eigenvalue weighted by Crippen LogP contribution is 2.44. The first-order valence-electron chi connectivity index (χ1n) is 19.7. The van der Waals surface area contributed by atoms with Gasteiger partial charge in [0, 0.05) is 43.5 Å². The van der Waals surface area contributed by atoms with Gasteiger partial charge in [-0.1, -0.05) is 54.6 Å². The van der Waals surface area contributed by atoms with Crippen LogP contribution in [0.3, 0.4) is 0 Å². The Morgan fingerprint density at radius 2 is 1.64 bits per heavy atom. The molecule has 2 heterocycles. The van der Waals surface area contributed by atoms with Gasteiger partial charge in [-0.3, -0.25) is 14.4 Å². The Labute approximate surface area is 349 Å². The molecular formula is C45H44F2N4O10. The summed E-state index contributed by atoms with van der Waals surface area (Å²) in [6.07, 6.45) is 2.11. The molecule has 0 radical (unpaired) electrons. The summed E-state index contributed by atoms with van der Waals surface area (Å²) < 4.78 is 54.0. The zero-order valence-electron chi connectivity index (χ0n) is 33.6. The zero-order valence-corrected chi connectivity index (χ0v) is 33.6. The van der Waals surface area contributed by atoms with Crippen molar-refractivity contribution >= 4 is 40.6 Å². The number of nitrogens with two attached hydrogens (primary N) is 1. The summed E-state index contributed by atoms with van der Waals surface area (Å²) in [6, 6.07) is 19.5. The lowest BCUT2D eigenvalue weighted by atomic mass is 9.97. The number of carboxylic acid groups (broad SMARTS) is 1. The van der Waals surface area contributed by atoms with E-state index >= 15 is 4.39 Å². The van der Waals surface area contributed by atoms with E-state index in [2.05, 4.69) is 0 Å². The fourth-order valence-electron chi connectivity index (χ4n) is 7.51. The molecule has 1 saturated heterocycles. The van der Waals surface area contributed by atoms with E-state index in [1.54, 1.807) is 71.8 Å².